The summed E-state index contributed by atoms with van der Waals surface area (Å²) in [5.41, 5.74) is 0.454. The second-order valence-electron chi connectivity index (χ2n) is 5.34. The Morgan fingerprint density at radius 3 is 3.15 bits per heavy atom. The average molecular weight is 276 g/mol. The van der Waals surface area contributed by atoms with E-state index in [1.807, 2.05) is 4.90 Å². The van der Waals surface area contributed by atoms with E-state index in [-0.39, 0.29) is 18.1 Å². The zero-order chi connectivity index (χ0) is 13.9. The molecule has 108 valence electrons. The van der Waals surface area contributed by atoms with E-state index in [0.29, 0.717) is 24.6 Å². The van der Waals surface area contributed by atoms with Crippen molar-refractivity contribution in [2.75, 3.05) is 20.3 Å². The number of fused-ring (bicyclic) bond motifs is 1. The van der Waals surface area contributed by atoms with Crippen LogP contribution < -0.4 is 4.74 Å². The molecule has 1 aromatic heterocycles. The van der Waals surface area contributed by atoms with Crippen LogP contribution in [-0.2, 0) is 4.74 Å². The summed E-state index contributed by atoms with van der Waals surface area (Å²) in [6, 6.07) is 3.66. The molecule has 0 radical (unpaired) electrons. The molecule has 1 aliphatic carbocycles. The summed E-state index contributed by atoms with van der Waals surface area (Å²) in [5.74, 6) is 0.654. The van der Waals surface area contributed by atoms with Crippen molar-refractivity contribution in [1.82, 2.24) is 9.88 Å². The third-order valence-corrected chi connectivity index (χ3v) is 4.18. The Morgan fingerprint density at radius 1 is 1.45 bits per heavy atom. The monoisotopic (exact) mass is 276 g/mol. The Hall–Kier alpha value is -1.62. The lowest BCUT2D eigenvalue weighted by Crippen LogP contribution is -2.54. The fourth-order valence-corrected chi connectivity index (χ4v) is 3.15. The van der Waals surface area contributed by atoms with Crippen LogP contribution in [0.1, 0.15) is 36.2 Å². The van der Waals surface area contributed by atoms with Crippen molar-refractivity contribution >= 4 is 5.91 Å². The summed E-state index contributed by atoms with van der Waals surface area (Å²) in [5, 5.41) is 0. The number of carbonyl (C=O) groups is 1. The molecule has 0 spiro atoms. The van der Waals surface area contributed by atoms with Crippen molar-refractivity contribution in [2.24, 2.45) is 0 Å². The first-order valence-corrected chi connectivity index (χ1v) is 7.22. The average Bonchev–Trinajstić information content (AvgIpc) is 2.53. The van der Waals surface area contributed by atoms with E-state index in [2.05, 4.69) is 4.98 Å². The highest BCUT2D eigenvalue weighted by atomic mass is 16.5. The summed E-state index contributed by atoms with van der Waals surface area (Å²) in [6.07, 6.45) is 6.26. The van der Waals surface area contributed by atoms with E-state index in [9.17, 15) is 4.79 Å². The lowest BCUT2D eigenvalue weighted by Gasteiger charge is -2.43. The molecule has 1 saturated carbocycles. The predicted octanol–water partition coefficient (Wildman–Crippen LogP) is 1.87. The number of nitrogens with zero attached hydrogens (tertiary/aromatic N) is 2. The number of hydrogen-bond acceptors (Lipinski definition) is 4. The van der Waals surface area contributed by atoms with Crippen LogP contribution >= 0.6 is 0 Å². The minimum absolute atomic E-state index is 0.0101. The van der Waals surface area contributed by atoms with Crippen LogP contribution in [0.25, 0.3) is 0 Å². The molecule has 1 aliphatic heterocycles. The highest BCUT2D eigenvalue weighted by Crippen LogP contribution is 2.29. The maximum absolute atomic E-state index is 12.7. The third-order valence-electron chi connectivity index (χ3n) is 4.18. The number of pyridine rings is 1. The van der Waals surface area contributed by atoms with Gasteiger partial charge in [0.15, 0.2) is 0 Å². The first-order chi connectivity index (χ1) is 9.79. The Kier molecular flexibility index (Phi) is 3.87. The van der Waals surface area contributed by atoms with Gasteiger partial charge in [-0.25, -0.2) is 0 Å². The summed E-state index contributed by atoms with van der Waals surface area (Å²) in [7, 11) is 1.59. The lowest BCUT2D eigenvalue weighted by atomic mass is 9.90. The van der Waals surface area contributed by atoms with Gasteiger partial charge in [0.1, 0.15) is 11.4 Å². The highest BCUT2D eigenvalue weighted by Gasteiger charge is 2.37. The van der Waals surface area contributed by atoms with Gasteiger partial charge in [0.2, 0.25) is 0 Å². The van der Waals surface area contributed by atoms with E-state index in [1.165, 1.54) is 12.8 Å². The van der Waals surface area contributed by atoms with Crippen LogP contribution in [0.3, 0.4) is 0 Å². The molecule has 5 nitrogen and oxygen atoms in total. The number of aromatic nitrogens is 1. The van der Waals surface area contributed by atoms with Crippen LogP contribution in [-0.4, -0.2) is 48.2 Å². The second-order valence-corrected chi connectivity index (χ2v) is 5.34. The normalized spacial score (nSPS) is 25.9. The summed E-state index contributed by atoms with van der Waals surface area (Å²) in [6.45, 7) is 1.27. The first kappa shape index (κ1) is 13.4. The van der Waals surface area contributed by atoms with Gasteiger partial charge >= 0.3 is 0 Å². The Balaban J connectivity index is 1.81. The molecule has 0 N–H and O–H groups in total. The van der Waals surface area contributed by atoms with E-state index < -0.39 is 0 Å². The SMILES string of the molecule is COc1ccnc(C(=O)N2CCO[C@@H]3CCCC[C@@H]32)c1. The molecule has 1 saturated heterocycles. The van der Waals surface area contributed by atoms with Crippen LogP contribution in [0.5, 0.6) is 5.75 Å². The predicted molar refractivity (Wildman–Crippen MR) is 73.8 cm³/mol. The van der Waals surface area contributed by atoms with Gasteiger partial charge in [-0.2, -0.15) is 0 Å². The quantitative estimate of drug-likeness (QED) is 0.827. The summed E-state index contributed by atoms with van der Waals surface area (Å²) < 4.78 is 11.0. The molecule has 2 fully saturated rings. The number of hydrogen-bond donors (Lipinski definition) is 0. The van der Waals surface area contributed by atoms with Crippen LogP contribution in [0.15, 0.2) is 18.3 Å². The molecule has 3 rings (SSSR count). The van der Waals surface area contributed by atoms with Crippen molar-refractivity contribution in [3.8, 4) is 5.75 Å². The maximum Gasteiger partial charge on any atom is 0.273 e. The summed E-state index contributed by atoms with van der Waals surface area (Å²) in [4.78, 5) is 18.8. The van der Waals surface area contributed by atoms with Gasteiger partial charge in [-0.3, -0.25) is 9.78 Å². The fourth-order valence-electron chi connectivity index (χ4n) is 3.15. The molecule has 0 aromatic carbocycles. The molecule has 2 heterocycles. The zero-order valence-corrected chi connectivity index (χ0v) is 11.7. The molecule has 0 bridgehead atoms. The number of amides is 1. The van der Waals surface area contributed by atoms with E-state index >= 15 is 0 Å². The number of carbonyl (C=O) groups excluding carboxylic acids is 1. The van der Waals surface area contributed by atoms with Gasteiger partial charge in [-0.1, -0.05) is 12.8 Å². The Morgan fingerprint density at radius 2 is 2.30 bits per heavy atom. The van der Waals surface area contributed by atoms with E-state index in [1.54, 1.807) is 25.4 Å². The van der Waals surface area contributed by atoms with Gasteiger partial charge in [-0.05, 0) is 18.9 Å². The topological polar surface area (TPSA) is 51.7 Å². The zero-order valence-electron chi connectivity index (χ0n) is 11.7. The van der Waals surface area contributed by atoms with Crippen LogP contribution in [0.2, 0.25) is 0 Å². The van der Waals surface area contributed by atoms with Crippen molar-refractivity contribution in [1.29, 1.82) is 0 Å². The van der Waals surface area contributed by atoms with Gasteiger partial charge < -0.3 is 14.4 Å². The Bertz CT molecular complexity index is 490. The van der Waals surface area contributed by atoms with Crippen molar-refractivity contribution in [2.45, 2.75) is 37.8 Å². The van der Waals surface area contributed by atoms with Crippen molar-refractivity contribution < 1.29 is 14.3 Å². The minimum atomic E-state index is -0.0101. The van der Waals surface area contributed by atoms with E-state index in [0.717, 1.165) is 12.8 Å². The van der Waals surface area contributed by atoms with Crippen LogP contribution in [0.4, 0.5) is 0 Å². The van der Waals surface area contributed by atoms with Gasteiger partial charge in [0.25, 0.3) is 5.91 Å². The largest absolute Gasteiger partial charge is 0.497 e. The lowest BCUT2D eigenvalue weighted by molar-refractivity contribution is -0.0754. The molecular weight excluding hydrogens is 256 g/mol. The summed E-state index contributed by atoms with van der Waals surface area (Å²) >= 11 is 0. The second kappa shape index (κ2) is 5.79. The maximum atomic E-state index is 12.7. The minimum Gasteiger partial charge on any atom is -0.497 e. The number of rotatable bonds is 2. The van der Waals surface area contributed by atoms with Gasteiger partial charge in [-0.15, -0.1) is 0 Å². The molecule has 5 heteroatoms. The number of morpholine rings is 1. The molecule has 0 unspecified atom stereocenters. The van der Waals surface area contributed by atoms with Gasteiger partial charge in [0, 0.05) is 18.8 Å². The third kappa shape index (κ3) is 2.50. The molecule has 2 atom stereocenters. The number of ether oxygens (including phenoxy) is 2. The van der Waals surface area contributed by atoms with Crippen LogP contribution in [0, 0.1) is 0 Å². The molecule has 20 heavy (non-hydrogen) atoms. The highest BCUT2D eigenvalue weighted by molar-refractivity contribution is 5.93. The standard InChI is InChI=1S/C15H20N2O3/c1-19-11-6-7-16-12(10-11)15(18)17-8-9-20-14-5-3-2-4-13(14)17/h6-7,10,13-14H,2-5,8-9H2,1H3/t13-,14+/m0/s1. The number of methoxy groups -OCH3 is 1. The fraction of sp³-hybridized carbons (Fsp3) is 0.600. The smallest absolute Gasteiger partial charge is 0.273 e. The van der Waals surface area contributed by atoms with Crippen molar-refractivity contribution in [3.05, 3.63) is 24.0 Å². The van der Waals surface area contributed by atoms with E-state index in [4.69, 9.17) is 9.47 Å². The molecule has 1 aromatic rings. The molecular formula is C15H20N2O3. The first-order valence-electron chi connectivity index (χ1n) is 7.22. The molecule has 2 aliphatic rings. The Labute approximate surface area is 118 Å². The van der Waals surface area contributed by atoms with Crippen molar-refractivity contribution in [3.63, 3.8) is 0 Å². The molecule has 1 amide bonds. The van der Waals surface area contributed by atoms with Gasteiger partial charge in [0.05, 0.1) is 25.9 Å².